The number of nitrogens with zero attached hydrogens (tertiary/aromatic N) is 5. The summed E-state index contributed by atoms with van der Waals surface area (Å²) in [6.07, 6.45) is 1.12. The zero-order chi connectivity index (χ0) is 12.4. The van der Waals surface area contributed by atoms with Crippen LogP contribution in [-0.4, -0.2) is 48.1 Å². The number of aryl methyl sites for hydroxylation is 1. The normalized spacial score (nSPS) is 19.7. The fraction of sp³-hybridized carbons (Fsp3) is 0.583. The molecule has 1 aliphatic rings. The molecular weight excluding hydrogens is 214 g/mol. The lowest BCUT2D eigenvalue weighted by Crippen LogP contribution is -2.32. The van der Waals surface area contributed by atoms with Crippen LogP contribution >= 0.6 is 0 Å². The summed E-state index contributed by atoms with van der Waals surface area (Å²) >= 11 is 0. The van der Waals surface area contributed by atoms with Crippen molar-refractivity contribution in [2.45, 2.75) is 19.4 Å². The Morgan fingerprint density at radius 3 is 2.82 bits per heavy atom. The van der Waals surface area contributed by atoms with Crippen molar-refractivity contribution in [1.29, 1.82) is 5.26 Å². The molecule has 90 valence electrons. The van der Waals surface area contributed by atoms with Crippen molar-refractivity contribution in [3.63, 3.8) is 0 Å². The summed E-state index contributed by atoms with van der Waals surface area (Å²) in [5.74, 6) is 0.686. The summed E-state index contributed by atoms with van der Waals surface area (Å²) in [6.45, 7) is 3.78. The van der Waals surface area contributed by atoms with Crippen LogP contribution in [0.5, 0.6) is 0 Å². The molecule has 2 heterocycles. The van der Waals surface area contributed by atoms with Crippen molar-refractivity contribution in [3.05, 3.63) is 17.5 Å². The van der Waals surface area contributed by atoms with E-state index < -0.39 is 0 Å². The second kappa shape index (κ2) is 4.68. The Hall–Kier alpha value is -1.67. The molecule has 0 spiro atoms. The summed E-state index contributed by atoms with van der Waals surface area (Å²) in [5, 5.41) is 8.90. The van der Waals surface area contributed by atoms with Crippen molar-refractivity contribution in [2.24, 2.45) is 0 Å². The minimum Gasteiger partial charge on any atom is -0.339 e. The molecule has 1 atom stereocenters. The molecule has 0 aliphatic carbocycles. The number of hydrogen-bond acceptors (Lipinski definition) is 5. The number of rotatable bonds is 2. The van der Waals surface area contributed by atoms with E-state index in [1.807, 2.05) is 6.92 Å². The van der Waals surface area contributed by atoms with Gasteiger partial charge < -0.3 is 9.80 Å². The van der Waals surface area contributed by atoms with Crippen LogP contribution in [0.3, 0.4) is 0 Å². The van der Waals surface area contributed by atoms with Gasteiger partial charge in [0, 0.05) is 24.8 Å². The Labute approximate surface area is 102 Å². The van der Waals surface area contributed by atoms with Crippen LogP contribution in [-0.2, 0) is 0 Å². The molecule has 1 saturated heterocycles. The summed E-state index contributed by atoms with van der Waals surface area (Å²) < 4.78 is 0. The molecule has 17 heavy (non-hydrogen) atoms. The molecule has 1 aromatic heterocycles. The van der Waals surface area contributed by atoms with E-state index in [4.69, 9.17) is 5.26 Å². The minimum atomic E-state index is 0.445. The smallest absolute Gasteiger partial charge is 0.226 e. The first-order chi connectivity index (χ1) is 8.10. The van der Waals surface area contributed by atoms with Crippen molar-refractivity contribution in [1.82, 2.24) is 14.9 Å². The molecule has 1 aliphatic heterocycles. The number of hydrogen-bond donors (Lipinski definition) is 0. The van der Waals surface area contributed by atoms with Crippen LogP contribution in [0.15, 0.2) is 6.07 Å². The SMILES string of the molecule is Cc1cc(C#N)nc(N2CCC(N(C)C)C2)n1. The van der Waals surface area contributed by atoms with Gasteiger partial charge in [0.2, 0.25) is 5.95 Å². The Balaban J connectivity index is 2.19. The van der Waals surface area contributed by atoms with Crippen molar-refractivity contribution >= 4 is 5.95 Å². The van der Waals surface area contributed by atoms with Crippen LogP contribution in [0, 0.1) is 18.3 Å². The van der Waals surface area contributed by atoms with Gasteiger partial charge in [-0.25, -0.2) is 9.97 Å². The number of nitriles is 1. The maximum atomic E-state index is 8.90. The molecule has 5 heteroatoms. The highest BCUT2D eigenvalue weighted by atomic mass is 15.3. The largest absolute Gasteiger partial charge is 0.339 e. The fourth-order valence-electron chi connectivity index (χ4n) is 2.10. The highest BCUT2D eigenvalue weighted by Gasteiger charge is 2.25. The van der Waals surface area contributed by atoms with Gasteiger partial charge in [0.05, 0.1) is 0 Å². The van der Waals surface area contributed by atoms with Crippen LogP contribution in [0.1, 0.15) is 17.8 Å². The van der Waals surface area contributed by atoms with Gasteiger partial charge in [0.1, 0.15) is 11.8 Å². The quantitative estimate of drug-likeness (QED) is 0.753. The lowest BCUT2D eigenvalue weighted by Gasteiger charge is -2.20. The molecule has 0 N–H and O–H groups in total. The van der Waals surface area contributed by atoms with E-state index in [1.54, 1.807) is 6.07 Å². The lowest BCUT2D eigenvalue weighted by molar-refractivity contribution is 0.315. The molecular formula is C12H17N5. The maximum Gasteiger partial charge on any atom is 0.226 e. The van der Waals surface area contributed by atoms with E-state index in [9.17, 15) is 0 Å². The van der Waals surface area contributed by atoms with E-state index >= 15 is 0 Å². The second-order valence-corrected chi connectivity index (χ2v) is 4.66. The maximum absolute atomic E-state index is 8.90. The van der Waals surface area contributed by atoms with Crippen molar-refractivity contribution in [3.8, 4) is 6.07 Å². The topological polar surface area (TPSA) is 56.1 Å². The second-order valence-electron chi connectivity index (χ2n) is 4.66. The number of likely N-dealkylation sites (N-methyl/N-ethyl adjacent to an activating group) is 1. The van der Waals surface area contributed by atoms with Gasteiger partial charge in [0.25, 0.3) is 0 Å². The highest BCUT2D eigenvalue weighted by molar-refractivity contribution is 5.37. The molecule has 2 rings (SSSR count). The van der Waals surface area contributed by atoms with E-state index in [-0.39, 0.29) is 0 Å². The first-order valence-electron chi connectivity index (χ1n) is 5.77. The highest BCUT2D eigenvalue weighted by Crippen LogP contribution is 2.19. The van der Waals surface area contributed by atoms with Crippen molar-refractivity contribution in [2.75, 3.05) is 32.1 Å². The third-order valence-electron chi connectivity index (χ3n) is 3.13. The van der Waals surface area contributed by atoms with Gasteiger partial charge >= 0.3 is 0 Å². The van der Waals surface area contributed by atoms with Gasteiger partial charge in [-0.15, -0.1) is 0 Å². The molecule has 0 bridgehead atoms. The number of aromatic nitrogens is 2. The zero-order valence-corrected chi connectivity index (χ0v) is 10.5. The minimum absolute atomic E-state index is 0.445. The fourth-order valence-corrected chi connectivity index (χ4v) is 2.10. The molecule has 1 fully saturated rings. The molecule has 5 nitrogen and oxygen atoms in total. The lowest BCUT2D eigenvalue weighted by atomic mass is 10.2. The van der Waals surface area contributed by atoms with Gasteiger partial charge in [-0.1, -0.05) is 0 Å². The molecule has 0 saturated carbocycles. The third kappa shape index (κ3) is 2.53. The van der Waals surface area contributed by atoms with Crippen LogP contribution in [0.25, 0.3) is 0 Å². The molecule has 0 radical (unpaired) electrons. The third-order valence-corrected chi connectivity index (χ3v) is 3.13. The van der Waals surface area contributed by atoms with Gasteiger partial charge in [-0.3, -0.25) is 0 Å². The molecule has 1 unspecified atom stereocenters. The molecule has 0 aromatic carbocycles. The Bertz CT molecular complexity index is 449. The van der Waals surface area contributed by atoms with Crippen LogP contribution < -0.4 is 4.90 Å². The summed E-state index contributed by atoms with van der Waals surface area (Å²) in [7, 11) is 4.18. The summed E-state index contributed by atoms with van der Waals surface area (Å²) in [5.41, 5.74) is 1.29. The Morgan fingerprint density at radius 2 is 2.24 bits per heavy atom. The predicted molar refractivity (Wildman–Crippen MR) is 65.8 cm³/mol. The summed E-state index contributed by atoms with van der Waals surface area (Å²) in [4.78, 5) is 13.0. The Morgan fingerprint density at radius 1 is 1.47 bits per heavy atom. The van der Waals surface area contributed by atoms with Gasteiger partial charge in [0.15, 0.2) is 0 Å². The average molecular weight is 231 g/mol. The standard InChI is InChI=1S/C12H17N5/c1-9-6-10(7-13)15-12(14-9)17-5-4-11(8-17)16(2)3/h6,11H,4-5,8H2,1-3H3. The first-order valence-corrected chi connectivity index (χ1v) is 5.77. The average Bonchev–Trinajstić information content (AvgIpc) is 2.77. The molecule has 1 aromatic rings. The molecule has 0 amide bonds. The summed E-state index contributed by atoms with van der Waals surface area (Å²) in [6, 6.07) is 4.33. The first kappa shape index (κ1) is 11.8. The van der Waals surface area contributed by atoms with Crippen LogP contribution in [0.2, 0.25) is 0 Å². The van der Waals surface area contributed by atoms with E-state index in [0.717, 1.165) is 25.2 Å². The van der Waals surface area contributed by atoms with Crippen LogP contribution in [0.4, 0.5) is 5.95 Å². The predicted octanol–water partition coefficient (Wildman–Crippen LogP) is 0.797. The number of anilines is 1. The van der Waals surface area contributed by atoms with Gasteiger partial charge in [-0.2, -0.15) is 5.26 Å². The Kier molecular flexibility index (Phi) is 3.25. The van der Waals surface area contributed by atoms with E-state index in [2.05, 4.69) is 39.9 Å². The monoisotopic (exact) mass is 231 g/mol. The zero-order valence-electron chi connectivity index (χ0n) is 10.5. The van der Waals surface area contributed by atoms with E-state index in [0.29, 0.717) is 17.7 Å². The van der Waals surface area contributed by atoms with E-state index in [1.165, 1.54) is 0 Å². The van der Waals surface area contributed by atoms with Crippen molar-refractivity contribution < 1.29 is 0 Å². The van der Waals surface area contributed by atoms with Gasteiger partial charge in [-0.05, 0) is 33.5 Å².